The molecule has 98 valence electrons. The third-order valence-electron chi connectivity index (χ3n) is 2.78. The number of likely N-dealkylation sites (N-methyl/N-ethyl adjacent to an activating group) is 1. The van der Waals surface area contributed by atoms with Gasteiger partial charge in [-0.1, -0.05) is 28.1 Å². The van der Waals surface area contributed by atoms with Crippen LogP contribution in [0.3, 0.4) is 0 Å². The summed E-state index contributed by atoms with van der Waals surface area (Å²) in [4.78, 5) is 17.8. The van der Waals surface area contributed by atoms with E-state index in [1.54, 1.807) is 25.4 Å². The van der Waals surface area contributed by atoms with Gasteiger partial charge in [-0.05, 0) is 29.8 Å². The van der Waals surface area contributed by atoms with Gasteiger partial charge < -0.3 is 5.73 Å². The fraction of sp³-hybridized carbons (Fsp3) is 0.143. The number of amides is 1. The SMILES string of the molecule is CN(C(=O)Cc1ccc(Br)cc1)c1ncccc1N. The van der Waals surface area contributed by atoms with Crippen molar-refractivity contribution in [3.05, 3.63) is 52.6 Å². The number of carbonyl (C=O) groups excluding carboxylic acids is 1. The van der Waals surface area contributed by atoms with Crippen molar-refractivity contribution in [1.82, 2.24) is 4.98 Å². The first-order valence-corrected chi connectivity index (χ1v) is 6.58. The van der Waals surface area contributed by atoms with Crippen molar-refractivity contribution in [1.29, 1.82) is 0 Å². The van der Waals surface area contributed by atoms with E-state index < -0.39 is 0 Å². The predicted octanol–water partition coefficient (Wildman–Crippen LogP) is 2.63. The number of benzene rings is 1. The Kier molecular flexibility index (Phi) is 4.16. The largest absolute Gasteiger partial charge is 0.396 e. The first-order chi connectivity index (χ1) is 9.08. The van der Waals surface area contributed by atoms with Gasteiger partial charge in [-0.2, -0.15) is 0 Å². The van der Waals surface area contributed by atoms with Crippen LogP contribution in [-0.4, -0.2) is 17.9 Å². The first-order valence-electron chi connectivity index (χ1n) is 5.79. The second kappa shape index (κ2) is 5.84. The number of hydrogen-bond donors (Lipinski definition) is 1. The molecule has 0 saturated heterocycles. The van der Waals surface area contributed by atoms with Crippen LogP contribution in [0.5, 0.6) is 0 Å². The van der Waals surface area contributed by atoms with E-state index in [0.717, 1.165) is 10.0 Å². The van der Waals surface area contributed by atoms with E-state index in [1.807, 2.05) is 24.3 Å². The smallest absolute Gasteiger partial charge is 0.232 e. The quantitative estimate of drug-likeness (QED) is 0.946. The van der Waals surface area contributed by atoms with Gasteiger partial charge in [0.2, 0.25) is 5.91 Å². The fourth-order valence-corrected chi connectivity index (χ4v) is 1.97. The van der Waals surface area contributed by atoms with E-state index in [1.165, 1.54) is 4.90 Å². The van der Waals surface area contributed by atoms with Crippen LogP contribution in [0, 0.1) is 0 Å². The first kappa shape index (κ1) is 13.5. The summed E-state index contributed by atoms with van der Waals surface area (Å²) in [5.41, 5.74) is 7.26. The zero-order chi connectivity index (χ0) is 13.8. The Bertz CT molecular complexity index is 583. The van der Waals surface area contributed by atoms with E-state index in [4.69, 9.17) is 5.73 Å². The summed E-state index contributed by atoms with van der Waals surface area (Å²) >= 11 is 3.36. The monoisotopic (exact) mass is 319 g/mol. The molecule has 2 N–H and O–H groups in total. The van der Waals surface area contributed by atoms with Gasteiger partial charge in [-0.3, -0.25) is 9.69 Å². The molecule has 0 spiro atoms. The van der Waals surface area contributed by atoms with E-state index in [2.05, 4.69) is 20.9 Å². The molecule has 0 radical (unpaired) electrons. The molecule has 1 heterocycles. The maximum absolute atomic E-state index is 12.2. The number of nitrogens with zero attached hydrogens (tertiary/aromatic N) is 2. The molecule has 4 nitrogen and oxygen atoms in total. The van der Waals surface area contributed by atoms with E-state index in [9.17, 15) is 4.79 Å². The lowest BCUT2D eigenvalue weighted by Crippen LogP contribution is -2.29. The van der Waals surface area contributed by atoms with Gasteiger partial charge >= 0.3 is 0 Å². The van der Waals surface area contributed by atoms with Gasteiger partial charge in [0.05, 0.1) is 12.1 Å². The molecule has 19 heavy (non-hydrogen) atoms. The molecule has 2 aromatic rings. The number of pyridine rings is 1. The summed E-state index contributed by atoms with van der Waals surface area (Å²) in [5, 5.41) is 0. The Hall–Kier alpha value is -1.88. The zero-order valence-corrected chi connectivity index (χ0v) is 12.1. The minimum absolute atomic E-state index is 0.0484. The lowest BCUT2D eigenvalue weighted by molar-refractivity contribution is -0.117. The lowest BCUT2D eigenvalue weighted by atomic mass is 10.1. The number of nitrogens with two attached hydrogens (primary N) is 1. The van der Waals surface area contributed by atoms with E-state index >= 15 is 0 Å². The molecule has 0 aliphatic carbocycles. The lowest BCUT2D eigenvalue weighted by Gasteiger charge is -2.17. The Morgan fingerprint density at radius 2 is 2.00 bits per heavy atom. The zero-order valence-electron chi connectivity index (χ0n) is 10.5. The third-order valence-corrected chi connectivity index (χ3v) is 3.31. The van der Waals surface area contributed by atoms with Crippen LogP contribution in [0.4, 0.5) is 11.5 Å². The molecule has 0 atom stereocenters. The van der Waals surface area contributed by atoms with Crippen molar-refractivity contribution in [2.75, 3.05) is 17.7 Å². The van der Waals surface area contributed by atoms with Crippen molar-refractivity contribution in [3.63, 3.8) is 0 Å². The van der Waals surface area contributed by atoms with Gasteiger partial charge in [0.25, 0.3) is 0 Å². The van der Waals surface area contributed by atoms with Gasteiger partial charge in [-0.25, -0.2) is 4.98 Å². The Balaban J connectivity index is 2.12. The minimum atomic E-state index is -0.0484. The summed E-state index contributed by atoms with van der Waals surface area (Å²) < 4.78 is 0.992. The van der Waals surface area contributed by atoms with Crippen molar-refractivity contribution in [2.24, 2.45) is 0 Å². The molecule has 0 fully saturated rings. The summed E-state index contributed by atoms with van der Waals surface area (Å²) in [6.07, 6.45) is 1.94. The predicted molar refractivity (Wildman–Crippen MR) is 79.9 cm³/mol. The van der Waals surface area contributed by atoms with Gasteiger partial charge in [-0.15, -0.1) is 0 Å². The van der Waals surface area contributed by atoms with Crippen LogP contribution in [0.25, 0.3) is 0 Å². The number of aromatic nitrogens is 1. The molecule has 0 aliphatic heterocycles. The van der Waals surface area contributed by atoms with Crippen LogP contribution in [0.15, 0.2) is 47.1 Å². The number of carbonyl (C=O) groups is 1. The Morgan fingerprint density at radius 1 is 1.32 bits per heavy atom. The second-order valence-electron chi connectivity index (χ2n) is 4.17. The molecule has 0 unspecified atom stereocenters. The summed E-state index contributed by atoms with van der Waals surface area (Å²) in [6, 6.07) is 11.1. The molecule has 5 heteroatoms. The van der Waals surface area contributed by atoms with Crippen LogP contribution in [-0.2, 0) is 11.2 Å². The van der Waals surface area contributed by atoms with Crippen molar-refractivity contribution in [2.45, 2.75) is 6.42 Å². The minimum Gasteiger partial charge on any atom is -0.396 e. The summed E-state index contributed by atoms with van der Waals surface area (Å²) in [5.74, 6) is 0.442. The highest BCUT2D eigenvalue weighted by Crippen LogP contribution is 2.19. The van der Waals surface area contributed by atoms with Crippen LogP contribution < -0.4 is 10.6 Å². The summed E-state index contributed by atoms with van der Waals surface area (Å²) in [7, 11) is 1.68. The molecular weight excluding hydrogens is 306 g/mol. The number of hydrogen-bond acceptors (Lipinski definition) is 3. The maximum atomic E-state index is 12.2. The molecular formula is C14H14BrN3O. The molecule has 2 rings (SSSR count). The average molecular weight is 320 g/mol. The standard InChI is InChI=1S/C14H14BrN3O/c1-18(14-12(16)3-2-8-17-14)13(19)9-10-4-6-11(15)7-5-10/h2-8H,9,16H2,1H3. The van der Waals surface area contributed by atoms with Gasteiger partial charge in [0.15, 0.2) is 5.82 Å². The highest BCUT2D eigenvalue weighted by atomic mass is 79.9. The van der Waals surface area contributed by atoms with E-state index in [-0.39, 0.29) is 5.91 Å². The normalized spacial score (nSPS) is 10.2. The van der Waals surface area contributed by atoms with Gasteiger partial charge in [0.1, 0.15) is 0 Å². The fourth-order valence-electron chi connectivity index (χ4n) is 1.70. The number of nitrogen functional groups attached to an aromatic ring is 1. The molecule has 0 bridgehead atoms. The molecule has 1 aromatic heterocycles. The van der Waals surface area contributed by atoms with Crippen molar-refractivity contribution in [3.8, 4) is 0 Å². The Labute approximate surface area is 120 Å². The molecule has 1 aromatic carbocycles. The maximum Gasteiger partial charge on any atom is 0.232 e. The summed E-state index contributed by atoms with van der Waals surface area (Å²) in [6.45, 7) is 0. The second-order valence-corrected chi connectivity index (χ2v) is 5.09. The molecule has 0 saturated carbocycles. The van der Waals surface area contributed by atoms with Gasteiger partial charge in [0, 0.05) is 17.7 Å². The number of halogens is 1. The third kappa shape index (κ3) is 3.32. The average Bonchev–Trinajstić information content (AvgIpc) is 2.41. The van der Waals surface area contributed by atoms with Crippen molar-refractivity contribution < 1.29 is 4.79 Å². The molecule has 1 amide bonds. The van der Waals surface area contributed by atoms with Crippen LogP contribution in [0.2, 0.25) is 0 Å². The van der Waals surface area contributed by atoms with E-state index in [0.29, 0.717) is 17.9 Å². The number of rotatable bonds is 3. The number of anilines is 2. The molecule has 0 aliphatic rings. The highest BCUT2D eigenvalue weighted by Gasteiger charge is 2.14. The topological polar surface area (TPSA) is 59.2 Å². The van der Waals surface area contributed by atoms with Crippen LogP contribution in [0.1, 0.15) is 5.56 Å². The highest BCUT2D eigenvalue weighted by molar-refractivity contribution is 9.10. The Morgan fingerprint density at radius 3 is 2.63 bits per heavy atom. The van der Waals surface area contributed by atoms with Crippen molar-refractivity contribution >= 4 is 33.3 Å². The van der Waals surface area contributed by atoms with Crippen LogP contribution >= 0.6 is 15.9 Å².